The first-order valence-electron chi connectivity index (χ1n) is 9.18. The summed E-state index contributed by atoms with van der Waals surface area (Å²) in [7, 11) is 1.73. The molecule has 9 heteroatoms. The molecule has 0 aliphatic carbocycles. The zero-order chi connectivity index (χ0) is 19.4. The summed E-state index contributed by atoms with van der Waals surface area (Å²) in [6.07, 6.45) is 4.83. The predicted octanol–water partition coefficient (Wildman–Crippen LogP) is 1.90. The van der Waals surface area contributed by atoms with Gasteiger partial charge < -0.3 is 24.1 Å². The van der Waals surface area contributed by atoms with Gasteiger partial charge >= 0.3 is 6.03 Å². The van der Waals surface area contributed by atoms with E-state index < -0.39 is 0 Å². The van der Waals surface area contributed by atoms with Crippen LogP contribution in [0.15, 0.2) is 29.1 Å². The van der Waals surface area contributed by atoms with Crippen LogP contribution < -0.4 is 5.32 Å². The van der Waals surface area contributed by atoms with E-state index in [4.69, 9.17) is 4.42 Å². The number of piperidine rings is 1. The summed E-state index contributed by atoms with van der Waals surface area (Å²) in [5.74, 6) is 0.922. The quantitative estimate of drug-likeness (QED) is 0.862. The number of hydrogen-bond acceptors (Lipinski definition) is 5. The fourth-order valence-corrected chi connectivity index (χ4v) is 3.22. The lowest BCUT2D eigenvalue weighted by atomic mass is 10.1. The van der Waals surface area contributed by atoms with Crippen LogP contribution in [0.25, 0.3) is 0 Å². The van der Waals surface area contributed by atoms with Crippen LogP contribution in [0, 0.1) is 0 Å². The second kappa shape index (κ2) is 8.24. The molecule has 1 fully saturated rings. The van der Waals surface area contributed by atoms with Gasteiger partial charge in [-0.15, -0.1) is 10.2 Å². The van der Waals surface area contributed by atoms with Crippen molar-refractivity contribution in [3.63, 3.8) is 0 Å². The van der Waals surface area contributed by atoms with Crippen molar-refractivity contribution in [1.29, 1.82) is 0 Å². The van der Waals surface area contributed by atoms with Crippen LogP contribution in [0.4, 0.5) is 4.79 Å². The van der Waals surface area contributed by atoms with Crippen LogP contribution >= 0.6 is 0 Å². The fourth-order valence-electron chi connectivity index (χ4n) is 3.22. The van der Waals surface area contributed by atoms with Crippen molar-refractivity contribution in [2.75, 3.05) is 20.1 Å². The number of carbonyl (C=O) groups is 2. The maximum absolute atomic E-state index is 12.6. The summed E-state index contributed by atoms with van der Waals surface area (Å²) in [4.78, 5) is 28.3. The van der Waals surface area contributed by atoms with E-state index in [2.05, 4.69) is 15.5 Å². The number of nitrogens with one attached hydrogen (secondary N) is 1. The van der Waals surface area contributed by atoms with Gasteiger partial charge in [0.25, 0.3) is 5.91 Å². The average molecular weight is 374 g/mol. The Morgan fingerprint density at radius 2 is 2.26 bits per heavy atom. The van der Waals surface area contributed by atoms with E-state index >= 15 is 0 Å². The van der Waals surface area contributed by atoms with Gasteiger partial charge in [0.2, 0.25) is 0 Å². The molecule has 0 saturated carbocycles. The van der Waals surface area contributed by atoms with Gasteiger partial charge in [-0.25, -0.2) is 4.79 Å². The Morgan fingerprint density at radius 3 is 2.96 bits per heavy atom. The zero-order valence-electron chi connectivity index (χ0n) is 16.0. The van der Waals surface area contributed by atoms with Gasteiger partial charge in [0.05, 0.1) is 12.8 Å². The Kier molecular flexibility index (Phi) is 5.78. The molecular weight excluding hydrogens is 348 g/mol. The molecule has 1 N–H and O–H groups in total. The first-order valence-corrected chi connectivity index (χ1v) is 9.18. The molecule has 2 aromatic heterocycles. The second-order valence-electron chi connectivity index (χ2n) is 7.12. The highest BCUT2D eigenvalue weighted by atomic mass is 16.3. The van der Waals surface area contributed by atoms with Gasteiger partial charge in [-0.05, 0) is 38.8 Å². The maximum atomic E-state index is 12.6. The molecular formula is C18H26N6O3. The monoisotopic (exact) mass is 374 g/mol. The van der Waals surface area contributed by atoms with Crippen molar-refractivity contribution < 1.29 is 14.0 Å². The van der Waals surface area contributed by atoms with Crippen molar-refractivity contribution in [3.05, 3.63) is 36.3 Å². The summed E-state index contributed by atoms with van der Waals surface area (Å²) >= 11 is 0. The predicted molar refractivity (Wildman–Crippen MR) is 98.0 cm³/mol. The first-order chi connectivity index (χ1) is 13.0. The number of furan rings is 1. The first kappa shape index (κ1) is 18.9. The van der Waals surface area contributed by atoms with Gasteiger partial charge in [0.15, 0.2) is 11.6 Å². The summed E-state index contributed by atoms with van der Waals surface area (Å²) in [5.41, 5.74) is 0. The summed E-state index contributed by atoms with van der Waals surface area (Å²) in [6.45, 7) is 5.59. The third-order valence-corrected chi connectivity index (χ3v) is 4.70. The molecule has 0 aromatic carbocycles. The van der Waals surface area contributed by atoms with E-state index in [9.17, 15) is 9.59 Å². The SMILES string of the molecule is CC(C)n1cnnc1CN(C)C(=O)N[C@@H]1CCCN(C(=O)c2ccco2)C1. The Balaban J connectivity index is 1.55. The van der Waals surface area contributed by atoms with Crippen molar-refractivity contribution in [2.24, 2.45) is 0 Å². The maximum Gasteiger partial charge on any atom is 0.317 e. The Hall–Kier alpha value is -2.84. The molecule has 3 heterocycles. The average Bonchev–Trinajstić information content (AvgIpc) is 3.33. The molecule has 0 bridgehead atoms. The molecule has 27 heavy (non-hydrogen) atoms. The highest BCUT2D eigenvalue weighted by molar-refractivity contribution is 5.91. The molecule has 3 amide bonds. The molecule has 146 valence electrons. The van der Waals surface area contributed by atoms with Crippen molar-refractivity contribution >= 4 is 11.9 Å². The van der Waals surface area contributed by atoms with Crippen LogP contribution in [-0.2, 0) is 6.54 Å². The number of nitrogens with zero attached hydrogens (tertiary/aromatic N) is 5. The molecule has 0 radical (unpaired) electrons. The molecule has 0 spiro atoms. The largest absolute Gasteiger partial charge is 0.459 e. The molecule has 9 nitrogen and oxygen atoms in total. The van der Waals surface area contributed by atoms with E-state index in [1.54, 1.807) is 35.3 Å². The lowest BCUT2D eigenvalue weighted by molar-refractivity contribution is 0.0663. The number of aromatic nitrogens is 3. The number of hydrogen-bond donors (Lipinski definition) is 1. The van der Waals surface area contributed by atoms with Crippen LogP contribution in [0.3, 0.4) is 0 Å². The van der Waals surface area contributed by atoms with Crippen LogP contribution in [0.1, 0.15) is 49.1 Å². The van der Waals surface area contributed by atoms with Crippen LogP contribution in [-0.4, -0.2) is 62.7 Å². The number of urea groups is 1. The van der Waals surface area contributed by atoms with E-state index in [1.807, 2.05) is 18.4 Å². The van der Waals surface area contributed by atoms with Gasteiger partial charge in [-0.1, -0.05) is 0 Å². The minimum atomic E-state index is -0.189. The Labute approximate surface area is 158 Å². The molecule has 2 aromatic rings. The van der Waals surface area contributed by atoms with Crippen molar-refractivity contribution in [2.45, 2.75) is 45.3 Å². The van der Waals surface area contributed by atoms with Crippen LogP contribution in [0.5, 0.6) is 0 Å². The molecule has 3 rings (SSSR count). The normalized spacial score (nSPS) is 17.2. The number of amides is 3. The zero-order valence-corrected chi connectivity index (χ0v) is 16.0. The van der Waals surface area contributed by atoms with Crippen LogP contribution in [0.2, 0.25) is 0 Å². The van der Waals surface area contributed by atoms with Gasteiger partial charge in [-0.3, -0.25) is 4.79 Å². The van der Waals surface area contributed by atoms with E-state index in [-0.39, 0.29) is 24.0 Å². The minimum absolute atomic E-state index is 0.0874. The molecule has 1 aliphatic heterocycles. The number of likely N-dealkylation sites (tertiary alicyclic amines) is 1. The smallest absolute Gasteiger partial charge is 0.317 e. The lowest BCUT2D eigenvalue weighted by Crippen LogP contribution is -2.52. The highest BCUT2D eigenvalue weighted by Gasteiger charge is 2.27. The Morgan fingerprint density at radius 1 is 1.44 bits per heavy atom. The topological polar surface area (TPSA) is 96.5 Å². The summed E-state index contributed by atoms with van der Waals surface area (Å²) in [6, 6.07) is 3.30. The van der Waals surface area contributed by atoms with E-state index in [0.29, 0.717) is 25.4 Å². The summed E-state index contributed by atoms with van der Waals surface area (Å²) in [5, 5.41) is 11.0. The summed E-state index contributed by atoms with van der Waals surface area (Å²) < 4.78 is 7.13. The second-order valence-corrected chi connectivity index (χ2v) is 7.12. The van der Waals surface area contributed by atoms with Gasteiger partial charge in [0, 0.05) is 32.2 Å². The number of rotatable bonds is 5. The fraction of sp³-hybridized carbons (Fsp3) is 0.556. The van der Waals surface area contributed by atoms with Crippen molar-refractivity contribution in [3.8, 4) is 0 Å². The number of carbonyl (C=O) groups excluding carboxylic acids is 2. The minimum Gasteiger partial charge on any atom is -0.459 e. The standard InChI is InChI=1S/C18H26N6O3/c1-13(2)24-12-19-21-16(24)11-22(3)18(26)20-14-6-4-8-23(10-14)17(25)15-7-5-9-27-15/h5,7,9,12-14H,4,6,8,10-11H2,1-3H3,(H,20,26)/t14-/m1/s1. The van der Waals surface area contributed by atoms with E-state index in [1.165, 1.54) is 6.26 Å². The molecule has 1 saturated heterocycles. The third-order valence-electron chi connectivity index (χ3n) is 4.70. The van der Waals surface area contributed by atoms with E-state index in [0.717, 1.165) is 18.7 Å². The molecule has 1 aliphatic rings. The lowest BCUT2D eigenvalue weighted by Gasteiger charge is -2.33. The highest BCUT2D eigenvalue weighted by Crippen LogP contribution is 2.15. The molecule has 1 atom stereocenters. The molecule has 0 unspecified atom stereocenters. The van der Waals surface area contributed by atoms with Gasteiger partial charge in [-0.2, -0.15) is 0 Å². The van der Waals surface area contributed by atoms with Gasteiger partial charge in [0.1, 0.15) is 6.33 Å². The van der Waals surface area contributed by atoms with Crippen molar-refractivity contribution in [1.82, 2.24) is 29.9 Å². The third kappa shape index (κ3) is 4.47. The Bertz CT molecular complexity index is 770.